The smallest absolute Gasteiger partial charge is 0.458 e. The molecule has 0 aliphatic carbocycles. The molecule has 114 valence electrons. The second kappa shape index (κ2) is 5.00. The number of ether oxygens (including phenoxy) is 1. The number of hydrogen-bond donors (Lipinski definition) is 1. The topological polar surface area (TPSA) is 66.8 Å². The first kappa shape index (κ1) is 16.3. The first-order valence-electron chi connectivity index (χ1n) is 5.31. The SMILES string of the molecule is CCOC(=O)C1=CCC(O)(C(F)(F)C(F)(F)F)N1C=O. The molecule has 1 atom stereocenters. The van der Waals surface area contributed by atoms with Gasteiger partial charge in [0, 0.05) is 6.42 Å². The van der Waals surface area contributed by atoms with Crippen molar-refractivity contribution >= 4 is 12.4 Å². The van der Waals surface area contributed by atoms with Crippen LogP contribution in [0.5, 0.6) is 0 Å². The summed E-state index contributed by atoms with van der Waals surface area (Å²) in [6.45, 7) is 1.19. The van der Waals surface area contributed by atoms with Crippen molar-refractivity contribution in [3.8, 4) is 0 Å². The fraction of sp³-hybridized carbons (Fsp3) is 0.600. The predicted octanol–water partition coefficient (Wildman–Crippen LogP) is 1.18. The van der Waals surface area contributed by atoms with E-state index in [1.54, 1.807) is 0 Å². The van der Waals surface area contributed by atoms with Gasteiger partial charge in [0.1, 0.15) is 5.70 Å². The van der Waals surface area contributed by atoms with Gasteiger partial charge >= 0.3 is 18.1 Å². The van der Waals surface area contributed by atoms with E-state index in [-0.39, 0.29) is 11.5 Å². The third-order valence-corrected chi connectivity index (χ3v) is 2.69. The maximum absolute atomic E-state index is 13.3. The Hall–Kier alpha value is -1.71. The maximum Gasteiger partial charge on any atom is 0.458 e. The van der Waals surface area contributed by atoms with Crippen molar-refractivity contribution < 1.29 is 41.4 Å². The molecule has 5 nitrogen and oxygen atoms in total. The van der Waals surface area contributed by atoms with Crippen LogP contribution in [0.4, 0.5) is 22.0 Å². The fourth-order valence-corrected chi connectivity index (χ4v) is 1.67. The minimum Gasteiger partial charge on any atom is -0.461 e. The first-order valence-corrected chi connectivity index (χ1v) is 5.31. The van der Waals surface area contributed by atoms with Gasteiger partial charge in [0.05, 0.1) is 6.61 Å². The van der Waals surface area contributed by atoms with E-state index in [1.807, 2.05) is 0 Å². The Morgan fingerprint density at radius 1 is 1.50 bits per heavy atom. The van der Waals surface area contributed by atoms with Crippen molar-refractivity contribution in [1.82, 2.24) is 4.90 Å². The maximum atomic E-state index is 13.3. The molecule has 10 heteroatoms. The van der Waals surface area contributed by atoms with Gasteiger partial charge in [-0.15, -0.1) is 0 Å². The number of carbonyl (C=O) groups is 2. The molecule has 1 aliphatic rings. The van der Waals surface area contributed by atoms with E-state index in [2.05, 4.69) is 4.74 Å². The number of carbonyl (C=O) groups excluding carboxylic acids is 2. The quantitative estimate of drug-likeness (QED) is 0.481. The van der Waals surface area contributed by atoms with Crippen LogP contribution in [0.3, 0.4) is 0 Å². The van der Waals surface area contributed by atoms with Crippen molar-refractivity contribution in [2.75, 3.05) is 6.61 Å². The van der Waals surface area contributed by atoms with Gasteiger partial charge in [-0.25, -0.2) is 4.79 Å². The van der Waals surface area contributed by atoms with Gasteiger partial charge in [0.2, 0.25) is 12.1 Å². The second-order valence-electron chi connectivity index (χ2n) is 3.88. The summed E-state index contributed by atoms with van der Waals surface area (Å²) < 4.78 is 68.0. The predicted molar refractivity (Wildman–Crippen MR) is 53.2 cm³/mol. The summed E-state index contributed by atoms with van der Waals surface area (Å²) in [4.78, 5) is 21.7. The number of alkyl halides is 5. The van der Waals surface area contributed by atoms with Gasteiger partial charge in [-0.2, -0.15) is 22.0 Å². The van der Waals surface area contributed by atoms with Crippen LogP contribution in [0.1, 0.15) is 13.3 Å². The van der Waals surface area contributed by atoms with E-state index in [0.29, 0.717) is 6.08 Å². The van der Waals surface area contributed by atoms with Crippen LogP contribution in [0.2, 0.25) is 0 Å². The van der Waals surface area contributed by atoms with Crippen LogP contribution in [0, 0.1) is 0 Å². The Balaban J connectivity index is 3.18. The van der Waals surface area contributed by atoms with Gasteiger partial charge < -0.3 is 9.84 Å². The van der Waals surface area contributed by atoms with Gasteiger partial charge in [-0.05, 0) is 13.0 Å². The molecule has 0 saturated heterocycles. The average Bonchev–Trinajstić information content (AvgIpc) is 2.66. The van der Waals surface area contributed by atoms with E-state index in [4.69, 9.17) is 0 Å². The van der Waals surface area contributed by atoms with Crippen LogP contribution in [-0.2, 0) is 14.3 Å². The molecular weight excluding hydrogens is 293 g/mol. The molecule has 20 heavy (non-hydrogen) atoms. The number of hydrogen-bond acceptors (Lipinski definition) is 4. The Bertz CT molecular complexity index is 447. The molecule has 0 aromatic heterocycles. The molecule has 0 aromatic carbocycles. The lowest BCUT2D eigenvalue weighted by Gasteiger charge is -2.38. The number of aliphatic hydroxyl groups is 1. The van der Waals surface area contributed by atoms with E-state index < -0.39 is 42.3 Å². The van der Waals surface area contributed by atoms with Crippen molar-refractivity contribution in [2.24, 2.45) is 0 Å². The molecule has 1 amide bonds. The highest BCUT2D eigenvalue weighted by Crippen LogP contribution is 2.49. The minimum absolute atomic E-state index is 0.184. The van der Waals surface area contributed by atoms with Crippen LogP contribution in [0.25, 0.3) is 0 Å². The Labute approximate surface area is 109 Å². The fourth-order valence-electron chi connectivity index (χ4n) is 1.67. The van der Waals surface area contributed by atoms with Crippen LogP contribution in [0.15, 0.2) is 11.8 Å². The van der Waals surface area contributed by atoms with E-state index >= 15 is 0 Å². The number of esters is 1. The summed E-state index contributed by atoms with van der Waals surface area (Å²) in [5.74, 6) is -6.90. The van der Waals surface area contributed by atoms with Crippen LogP contribution in [-0.4, -0.2) is 46.8 Å². The van der Waals surface area contributed by atoms with Crippen LogP contribution >= 0.6 is 0 Å². The Kier molecular flexibility index (Phi) is 4.09. The Morgan fingerprint density at radius 2 is 2.05 bits per heavy atom. The third-order valence-electron chi connectivity index (χ3n) is 2.69. The normalized spacial score (nSPS) is 23.6. The average molecular weight is 303 g/mol. The van der Waals surface area contributed by atoms with Crippen LogP contribution < -0.4 is 0 Å². The first-order chi connectivity index (χ1) is 9.03. The summed E-state index contributed by atoms with van der Waals surface area (Å²) >= 11 is 0. The zero-order chi connectivity index (χ0) is 15.8. The number of rotatable bonds is 4. The van der Waals surface area contributed by atoms with Gasteiger partial charge in [-0.3, -0.25) is 9.69 Å². The molecule has 0 bridgehead atoms. The van der Waals surface area contributed by atoms with E-state index in [9.17, 15) is 36.6 Å². The molecule has 1 N–H and O–H groups in total. The molecular formula is C10H10F5NO4. The Morgan fingerprint density at radius 3 is 2.45 bits per heavy atom. The number of nitrogens with zero attached hydrogens (tertiary/aromatic N) is 1. The van der Waals surface area contributed by atoms with Crippen molar-refractivity contribution in [2.45, 2.75) is 31.2 Å². The van der Waals surface area contributed by atoms with E-state index in [1.165, 1.54) is 6.92 Å². The van der Waals surface area contributed by atoms with Gasteiger partial charge in [0.25, 0.3) is 0 Å². The highest BCUT2D eigenvalue weighted by Gasteiger charge is 2.73. The molecule has 0 spiro atoms. The number of amides is 1. The molecule has 0 aromatic rings. The molecule has 1 rings (SSSR count). The summed E-state index contributed by atoms with van der Waals surface area (Å²) in [6, 6.07) is 0. The molecule has 1 unspecified atom stereocenters. The van der Waals surface area contributed by atoms with Gasteiger partial charge in [0.15, 0.2) is 0 Å². The molecule has 1 aliphatic heterocycles. The zero-order valence-corrected chi connectivity index (χ0v) is 10.1. The summed E-state index contributed by atoms with van der Waals surface area (Å²) in [7, 11) is 0. The standard InChI is InChI=1S/C10H10F5NO4/c1-2-20-7(18)6-3-4-8(19,16(6)5-17)9(11,12)10(13,14)15/h3,5,19H,2,4H2,1H3. The molecule has 0 saturated carbocycles. The summed E-state index contributed by atoms with van der Waals surface area (Å²) in [6.07, 6.45) is -7.24. The lowest BCUT2D eigenvalue weighted by atomic mass is 10.0. The van der Waals surface area contributed by atoms with Crippen molar-refractivity contribution in [3.05, 3.63) is 11.8 Å². The minimum atomic E-state index is -6.10. The van der Waals surface area contributed by atoms with E-state index in [0.717, 1.165) is 0 Å². The summed E-state index contributed by atoms with van der Waals surface area (Å²) in [5, 5.41) is 9.57. The molecule has 0 radical (unpaired) electrons. The molecule has 0 fully saturated rings. The second-order valence-corrected chi connectivity index (χ2v) is 3.88. The lowest BCUT2D eigenvalue weighted by Crippen LogP contribution is -2.63. The van der Waals surface area contributed by atoms with Crippen molar-refractivity contribution in [3.63, 3.8) is 0 Å². The summed E-state index contributed by atoms with van der Waals surface area (Å²) in [5.41, 5.74) is -4.76. The lowest BCUT2D eigenvalue weighted by molar-refractivity contribution is -0.360. The largest absolute Gasteiger partial charge is 0.461 e. The van der Waals surface area contributed by atoms with Gasteiger partial charge in [-0.1, -0.05) is 0 Å². The number of halogens is 5. The zero-order valence-electron chi connectivity index (χ0n) is 10.1. The highest BCUT2D eigenvalue weighted by atomic mass is 19.4. The van der Waals surface area contributed by atoms with Crippen molar-refractivity contribution in [1.29, 1.82) is 0 Å². The monoisotopic (exact) mass is 303 g/mol. The molecule has 1 heterocycles. The highest BCUT2D eigenvalue weighted by molar-refractivity contribution is 5.91. The third kappa shape index (κ3) is 2.23.